The number of nitrogens with zero attached hydrogens (tertiary/aromatic N) is 3. The van der Waals surface area contributed by atoms with Crippen LogP contribution in [-0.2, 0) is 17.8 Å². The van der Waals surface area contributed by atoms with Crippen molar-refractivity contribution in [2.75, 3.05) is 0 Å². The van der Waals surface area contributed by atoms with Gasteiger partial charge in [-0.2, -0.15) is 5.10 Å². The summed E-state index contributed by atoms with van der Waals surface area (Å²) in [5, 5.41) is 4.37. The van der Waals surface area contributed by atoms with E-state index in [4.69, 9.17) is 0 Å². The third-order valence-corrected chi connectivity index (χ3v) is 4.34. The van der Waals surface area contributed by atoms with Crippen LogP contribution < -0.4 is 5.43 Å². The first-order valence-electron chi connectivity index (χ1n) is 8.15. The van der Waals surface area contributed by atoms with Crippen molar-refractivity contribution in [3.63, 3.8) is 0 Å². The van der Waals surface area contributed by atoms with Gasteiger partial charge in [-0.3, -0.25) is 4.79 Å². The van der Waals surface area contributed by atoms with Crippen LogP contribution in [0.15, 0.2) is 60.0 Å². The Kier molecular flexibility index (Phi) is 3.83. The molecule has 0 fully saturated rings. The number of hydrazone groups is 1. The molecule has 4 rings (SSSR count). The van der Waals surface area contributed by atoms with E-state index in [-0.39, 0.29) is 12.5 Å². The lowest BCUT2D eigenvalue weighted by atomic mass is 9.90. The number of imidazole rings is 1. The highest BCUT2D eigenvalue weighted by Crippen LogP contribution is 2.21. The minimum Gasteiger partial charge on any atom is -0.321 e. The summed E-state index contributed by atoms with van der Waals surface area (Å²) in [6.07, 6.45) is 4.72. The van der Waals surface area contributed by atoms with E-state index in [1.54, 1.807) is 6.33 Å². The number of hydrogen-bond donors (Lipinski definition) is 1. The van der Waals surface area contributed by atoms with Gasteiger partial charge in [0.25, 0.3) is 5.91 Å². The first kappa shape index (κ1) is 14.6. The Hall–Kier alpha value is -2.95. The summed E-state index contributed by atoms with van der Waals surface area (Å²) >= 11 is 0. The molecule has 0 bridgehead atoms. The molecule has 0 atom stereocenters. The van der Waals surface area contributed by atoms with Crippen LogP contribution in [0.2, 0.25) is 0 Å². The number of nitrogens with one attached hydrogen (secondary N) is 1. The Bertz CT molecular complexity index is 926. The quantitative estimate of drug-likeness (QED) is 0.755. The number of carbonyl (C=O) groups is 1. The number of amides is 1. The van der Waals surface area contributed by atoms with Gasteiger partial charge in [-0.15, -0.1) is 0 Å². The molecule has 1 aliphatic carbocycles. The summed E-state index contributed by atoms with van der Waals surface area (Å²) in [5.74, 6) is -0.145. The van der Waals surface area contributed by atoms with E-state index in [2.05, 4.69) is 27.6 Å². The Morgan fingerprint density at radius 1 is 1.12 bits per heavy atom. The van der Waals surface area contributed by atoms with Gasteiger partial charge in [-0.25, -0.2) is 10.4 Å². The maximum Gasteiger partial charge on any atom is 0.260 e. The first-order chi connectivity index (χ1) is 11.8. The van der Waals surface area contributed by atoms with Gasteiger partial charge >= 0.3 is 0 Å². The molecule has 0 unspecified atom stereocenters. The van der Waals surface area contributed by atoms with Gasteiger partial charge in [0, 0.05) is 5.56 Å². The molecule has 5 heteroatoms. The van der Waals surface area contributed by atoms with Gasteiger partial charge in [-0.1, -0.05) is 36.4 Å². The SMILES string of the molecule is O=C(Cn1cnc2ccccc21)N/N=C1\CCCc2ccccc21. The molecule has 2 aromatic carbocycles. The second-order valence-electron chi connectivity index (χ2n) is 5.97. The summed E-state index contributed by atoms with van der Waals surface area (Å²) in [5.41, 5.74) is 7.94. The van der Waals surface area contributed by atoms with Crippen LogP contribution in [0.4, 0.5) is 0 Å². The number of aryl methyl sites for hydroxylation is 1. The van der Waals surface area contributed by atoms with E-state index in [0.29, 0.717) is 0 Å². The summed E-state index contributed by atoms with van der Waals surface area (Å²) < 4.78 is 1.83. The molecule has 120 valence electrons. The molecular formula is C19H18N4O. The summed E-state index contributed by atoms with van der Waals surface area (Å²) in [4.78, 5) is 16.5. The molecule has 1 aliphatic rings. The first-order valence-corrected chi connectivity index (χ1v) is 8.15. The number of rotatable bonds is 3. The molecule has 1 amide bonds. The zero-order chi connectivity index (χ0) is 16.4. The highest BCUT2D eigenvalue weighted by atomic mass is 16.2. The molecule has 0 saturated carbocycles. The zero-order valence-corrected chi connectivity index (χ0v) is 13.3. The van der Waals surface area contributed by atoms with Gasteiger partial charge in [0.15, 0.2) is 0 Å². The van der Waals surface area contributed by atoms with Crippen molar-refractivity contribution in [2.45, 2.75) is 25.8 Å². The van der Waals surface area contributed by atoms with Crippen LogP contribution in [0, 0.1) is 0 Å². The molecule has 3 aromatic rings. The fourth-order valence-corrected chi connectivity index (χ4v) is 3.17. The van der Waals surface area contributed by atoms with Gasteiger partial charge in [0.05, 0.1) is 23.1 Å². The number of carbonyl (C=O) groups excluding carboxylic acids is 1. The van der Waals surface area contributed by atoms with Crippen molar-refractivity contribution in [3.8, 4) is 0 Å². The third-order valence-electron chi connectivity index (χ3n) is 4.34. The third kappa shape index (κ3) is 2.80. The van der Waals surface area contributed by atoms with E-state index < -0.39 is 0 Å². The van der Waals surface area contributed by atoms with Gasteiger partial charge in [-0.05, 0) is 37.0 Å². The van der Waals surface area contributed by atoms with Crippen molar-refractivity contribution < 1.29 is 4.79 Å². The molecule has 0 saturated heterocycles. The smallest absolute Gasteiger partial charge is 0.260 e. The number of para-hydroxylation sites is 2. The van der Waals surface area contributed by atoms with E-state index in [9.17, 15) is 4.79 Å². The fourth-order valence-electron chi connectivity index (χ4n) is 3.17. The number of hydrogen-bond acceptors (Lipinski definition) is 3. The van der Waals surface area contributed by atoms with Crippen molar-refractivity contribution >= 4 is 22.7 Å². The molecule has 0 aliphatic heterocycles. The lowest BCUT2D eigenvalue weighted by Gasteiger charge is -2.17. The topological polar surface area (TPSA) is 59.3 Å². The van der Waals surface area contributed by atoms with Crippen molar-refractivity contribution in [1.29, 1.82) is 0 Å². The number of aromatic nitrogens is 2. The Morgan fingerprint density at radius 2 is 1.96 bits per heavy atom. The molecule has 1 heterocycles. The number of fused-ring (bicyclic) bond motifs is 2. The summed E-state index contributed by atoms with van der Waals surface area (Å²) in [6, 6.07) is 16.0. The van der Waals surface area contributed by atoms with Gasteiger partial charge in [0.2, 0.25) is 0 Å². The summed E-state index contributed by atoms with van der Waals surface area (Å²) in [7, 11) is 0. The normalized spacial score (nSPS) is 15.4. The maximum absolute atomic E-state index is 12.2. The van der Waals surface area contributed by atoms with Crippen LogP contribution >= 0.6 is 0 Å². The van der Waals surface area contributed by atoms with E-state index in [1.807, 2.05) is 41.0 Å². The lowest BCUT2D eigenvalue weighted by Crippen LogP contribution is -2.25. The fraction of sp³-hybridized carbons (Fsp3) is 0.211. The standard InChI is InChI=1S/C19H18N4O/c24-19(12-23-13-20-17-9-3-4-11-18(17)23)22-21-16-10-5-7-14-6-1-2-8-15(14)16/h1-4,6,8-9,11,13H,5,7,10,12H2,(H,22,24)/b21-16+. The monoisotopic (exact) mass is 318 g/mol. The second kappa shape index (κ2) is 6.28. The van der Waals surface area contributed by atoms with Gasteiger partial charge in [0.1, 0.15) is 6.54 Å². The van der Waals surface area contributed by atoms with E-state index in [1.165, 1.54) is 5.56 Å². The molecule has 1 N–H and O–H groups in total. The van der Waals surface area contributed by atoms with Crippen molar-refractivity contribution in [3.05, 3.63) is 66.0 Å². The predicted molar refractivity (Wildman–Crippen MR) is 93.8 cm³/mol. The lowest BCUT2D eigenvalue weighted by molar-refractivity contribution is -0.121. The highest BCUT2D eigenvalue weighted by Gasteiger charge is 2.15. The molecular weight excluding hydrogens is 300 g/mol. The van der Waals surface area contributed by atoms with E-state index in [0.717, 1.165) is 41.6 Å². The zero-order valence-electron chi connectivity index (χ0n) is 13.3. The van der Waals surface area contributed by atoms with Crippen molar-refractivity contribution in [2.24, 2.45) is 5.10 Å². The molecule has 0 radical (unpaired) electrons. The van der Waals surface area contributed by atoms with Crippen LogP contribution in [0.5, 0.6) is 0 Å². The molecule has 24 heavy (non-hydrogen) atoms. The molecule has 5 nitrogen and oxygen atoms in total. The average molecular weight is 318 g/mol. The van der Waals surface area contributed by atoms with Crippen LogP contribution in [0.3, 0.4) is 0 Å². The van der Waals surface area contributed by atoms with Crippen LogP contribution in [0.25, 0.3) is 11.0 Å². The molecule has 0 spiro atoms. The second-order valence-corrected chi connectivity index (χ2v) is 5.97. The maximum atomic E-state index is 12.2. The van der Waals surface area contributed by atoms with E-state index >= 15 is 0 Å². The average Bonchev–Trinajstić information content (AvgIpc) is 3.03. The highest BCUT2D eigenvalue weighted by molar-refractivity contribution is 6.03. The summed E-state index contributed by atoms with van der Waals surface area (Å²) in [6.45, 7) is 0.207. The van der Waals surface area contributed by atoms with Crippen LogP contribution in [0.1, 0.15) is 24.0 Å². The van der Waals surface area contributed by atoms with Gasteiger partial charge < -0.3 is 4.57 Å². The Labute approximate surface area is 140 Å². The minimum atomic E-state index is -0.145. The van der Waals surface area contributed by atoms with Crippen molar-refractivity contribution in [1.82, 2.24) is 15.0 Å². The Balaban J connectivity index is 1.49. The predicted octanol–water partition coefficient (Wildman–Crippen LogP) is 2.89. The number of benzene rings is 2. The minimum absolute atomic E-state index is 0.145. The van der Waals surface area contributed by atoms with Crippen LogP contribution in [-0.4, -0.2) is 21.2 Å². The Morgan fingerprint density at radius 3 is 2.92 bits per heavy atom. The largest absolute Gasteiger partial charge is 0.321 e. The molecule has 1 aromatic heterocycles.